The van der Waals surface area contributed by atoms with Gasteiger partial charge in [-0.15, -0.1) is 0 Å². The number of hydrogen-bond acceptors (Lipinski definition) is 2. The maximum Gasteiger partial charge on any atom is 0.106 e. The number of halogens is 1. The minimum atomic E-state index is -0.591. The van der Waals surface area contributed by atoms with Crippen molar-refractivity contribution < 1.29 is 5.11 Å². The number of rotatable bonds is 5. The molecule has 0 radical (unpaired) electrons. The Kier molecular flexibility index (Phi) is 5.22. The third-order valence-electron chi connectivity index (χ3n) is 3.00. The molecule has 2 unspecified atom stereocenters. The Hall–Kier alpha value is -1.07. The molecule has 3 heteroatoms. The molecule has 19 heavy (non-hydrogen) atoms. The predicted octanol–water partition coefficient (Wildman–Crippen LogP) is 4.00. The number of para-hydroxylation sites is 1. The molecule has 0 bridgehead atoms. The van der Waals surface area contributed by atoms with E-state index in [1.165, 1.54) is 0 Å². The Labute approximate surface area is 128 Å². The summed E-state index contributed by atoms with van der Waals surface area (Å²) in [5, 5.41) is 14.0. The average Bonchev–Trinajstić information content (AvgIpc) is 2.48. The maximum absolute atomic E-state index is 10.5. The number of benzene rings is 2. The van der Waals surface area contributed by atoms with Crippen LogP contribution in [0.5, 0.6) is 0 Å². The predicted molar refractivity (Wildman–Crippen MR) is 88.9 cm³/mol. The van der Waals surface area contributed by atoms with Crippen LogP contribution in [0.25, 0.3) is 0 Å². The van der Waals surface area contributed by atoms with E-state index in [0.29, 0.717) is 6.04 Å². The van der Waals surface area contributed by atoms with E-state index in [1.54, 1.807) is 0 Å². The lowest BCUT2D eigenvalue weighted by Gasteiger charge is -2.19. The third kappa shape index (κ3) is 3.70. The number of alkyl halides is 1. The standard InChI is InChI=1S/C16H18INO/c1-12(11-17)18-15-10-6-5-9-14(15)16(19)13-7-3-2-4-8-13/h2-10,12,16,18-19H,11H2,1H3. The van der Waals surface area contributed by atoms with Gasteiger partial charge in [-0.3, -0.25) is 0 Å². The highest BCUT2D eigenvalue weighted by Crippen LogP contribution is 2.28. The maximum atomic E-state index is 10.5. The first-order valence-electron chi connectivity index (χ1n) is 6.37. The normalized spacial score (nSPS) is 13.8. The highest BCUT2D eigenvalue weighted by atomic mass is 127. The van der Waals surface area contributed by atoms with Gasteiger partial charge in [0.05, 0.1) is 0 Å². The van der Waals surface area contributed by atoms with Gasteiger partial charge in [-0.25, -0.2) is 0 Å². The molecular formula is C16H18INO. The molecule has 0 spiro atoms. The van der Waals surface area contributed by atoms with Crippen LogP contribution in [0.3, 0.4) is 0 Å². The minimum Gasteiger partial charge on any atom is -0.384 e. The van der Waals surface area contributed by atoms with Crippen LogP contribution in [-0.4, -0.2) is 15.6 Å². The number of aliphatic hydroxyl groups is 1. The van der Waals surface area contributed by atoms with Crippen molar-refractivity contribution in [2.75, 3.05) is 9.74 Å². The van der Waals surface area contributed by atoms with E-state index in [9.17, 15) is 5.11 Å². The van der Waals surface area contributed by atoms with Crippen molar-refractivity contribution in [2.24, 2.45) is 0 Å². The Balaban J connectivity index is 2.29. The Morgan fingerprint density at radius 3 is 2.37 bits per heavy atom. The third-order valence-corrected chi connectivity index (χ3v) is 4.33. The Morgan fingerprint density at radius 1 is 1.05 bits per heavy atom. The summed E-state index contributed by atoms with van der Waals surface area (Å²) >= 11 is 2.36. The highest BCUT2D eigenvalue weighted by Gasteiger charge is 2.14. The summed E-state index contributed by atoms with van der Waals surface area (Å²) in [7, 11) is 0. The van der Waals surface area contributed by atoms with Crippen LogP contribution in [0, 0.1) is 0 Å². The first kappa shape index (κ1) is 14.3. The zero-order valence-corrected chi connectivity index (χ0v) is 13.0. The molecule has 2 atom stereocenters. The second-order valence-electron chi connectivity index (χ2n) is 4.60. The summed E-state index contributed by atoms with van der Waals surface area (Å²) < 4.78 is 1.02. The summed E-state index contributed by atoms with van der Waals surface area (Å²) in [5.41, 5.74) is 2.84. The molecule has 2 aromatic carbocycles. The lowest BCUT2D eigenvalue weighted by Crippen LogP contribution is -2.18. The topological polar surface area (TPSA) is 32.3 Å². The van der Waals surface area contributed by atoms with Crippen LogP contribution in [-0.2, 0) is 0 Å². The van der Waals surface area contributed by atoms with Crippen LogP contribution in [0.15, 0.2) is 54.6 Å². The zero-order valence-electron chi connectivity index (χ0n) is 10.9. The van der Waals surface area contributed by atoms with Gasteiger partial charge in [0.2, 0.25) is 0 Å². The molecule has 100 valence electrons. The van der Waals surface area contributed by atoms with Gasteiger partial charge in [0.25, 0.3) is 0 Å². The smallest absolute Gasteiger partial charge is 0.106 e. The molecule has 0 saturated carbocycles. The van der Waals surface area contributed by atoms with Crippen LogP contribution >= 0.6 is 22.6 Å². The van der Waals surface area contributed by atoms with Crippen LogP contribution in [0.2, 0.25) is 0 Å². The molecule has 0 saturated heterocycles. The second kappa shape index (κ2) is 6.91. The van der Waals surface area contributed by atoms with Gasteiger partial charge in [0.1, 0.15) is 6.10 Å². The summed E-state index contributed by atoms with van der Waals surface area (Å²) in [6, 6.07) is 18.1. The number of hydrogen-bond donors (Lipinski definition) is 2. The summed E-state index contributed by atoms with van der Waals surface area (Å²) in [5.74, 6) is 0. The van der Waals surface area contributed by atoms with Crippen LogP contribution in [0.4, 0.5) is 5.69 Å². The molecule has 2 aromatic rings. The number of aliphatic hydroxyl groups excluding tert-OH is 1. The fraction of sp³-hybridized carbons (Fsp3) is 0.250. The van der Waals surface area contributed by atoms with Crippen LogP contribution in [0.1, 0.15) is 24.2 Å². The van der Waals surface area contributed by atoms with Gasteiger partial charge in [0, 0.05) is 21.7 Å². The fourth-order valence-electron chi connectivity index (χ4n) is 1.99. The van der Waals surface area contributed by atoms with E-state index in [0.717, 1.165) is 21.2 Å². The lowest BCUT2D eigenvalue weighted by atomic mass is 10.00. The van der Waals surface area contributed by atoms with Gasteiger partial charge in [-0.05, 0) is 18.6 Å². The lowest BCUT2D eigenvalue weighted by molar-refractivity contribution is 0.221. The van der Waals surface area contributed by atoms with Gasteiger partial charge in [0.15, 0.2) is 0 Å². The van der Waals surface area contributed by atoms with E-state index in [1.807, 2.05) is 54.6 Å². The van der Waals surface area contributed by atoms with Crippen molar-refractivity contribution >= 4 is 28.3 Å². The monoisotopic (exact) mass is 367 g/mol. The summed E-state index contributed by atoms with van der Waals surface area (Å²) in [4.78, 5) is 0. The van der Waals surface area contributed by atoms with Gasteiger partial charge in [-0.2, -0.15) is 0 Å². The molecule has 0 fully saturated rings. The van der Waals surface area contributed by atoms with Gasteiger partial charge in [-0.1, -0.05) is 71.1 Å². The summed E-state index contributed by atoms with van der Waals surface area (Å²) in [6.07, 6.45) is -0.591. The SMILES string of the molecule is CC(CI)Nc1ccccc1C(O)c1ccccc1. The van der Waals surface area contributed by atoms with E-state index >= 15 is 0 Å². The van der Waals surface area contributed by atoms with Crippen molar-refractivity contribution in [1.82, 2.24) is 0 Å². The molecule has 2 N–H and O–H groups in total. The van der Waals surface area contributed by atoms with Gasteiger partial charge < -0.3 is 10.4 Å². The van der Waals surface area contributed by atoms with Crippen molar-refractivity contribution in [3.63, 3.8) is 0 Å². The largest absolute Gasteiger partial charge is 0.384 e. The zero-order chi connectivity index (χ0) is 13.7. The molecule has 2 nitrogen and oxygen atoms in total. The Bertz CT molecular complexity index is 515. The van der Waals surface area contributed by atoms with Crippen molar-refractivity contribution in [3.05, 3.63) is 65.7 Å². The minimum absolute atomic E-state index is 0.379. The Morgan fingerprint density at radius 2 is 1.68 bits per heavy atom. The van der Waals surface area contributed by atoms with Gasteiger partial charge >= 0.3 is 0 Å². The molecule has 0 heterocycles. The number of anilines is 1. The molecule has 0 aliphatic heterocycles. The molecular weight excluding hydrogens is 349 g/mol. The van der Waals surface area contributed by atoms with Crippen LogP contribution < -0.4 is 5.32 Å². The average molecular weight is 367 g/mol. The molecule has 0 amide bonds. The first-order chi connectivity index (χ1) is 9.22. The van der Waals surface area contributed by atoms with E-state index < -0.39 is 6.10 Å². The highest BCUT2D eigenvalue weighted by molar-refractivity contribution is 14.1. The second-order valence-corrected chi connectivity index (χ2v) is 5.48. The molecule has 2 rings (SSSR count). The van der Waals surface area contributed by atoms with Crippen molar-refractivity contribution in [2.45, 2.75) is 19.1 Å². The number of nitrogens with one attached hydrogen (secondary N) is 1. The molecule has 0 aliphatic rings. The van der Waals surface area contributed by atoms with E-state index in [-0.39, 0.29) is 0 Å². The van der Waals surface area contributed by atoms with E-state index in [4.69, 9.17) is 0 Å². The van der Waals surface area contributed by atoms with Crippen molar-refractivity contribution in [3.8, 4) is 0 Å². The molecule has 0 aromatic heterocycles. The fourth-order valence-corrected chi connectivity index (χ4v) is 2.21. The van der Waals surface area contributed by atoms with Crippen molar-refractivity contribution in [1.29, 1.82) is 0 Å². The molecule has 0 aliphatic carbocycles. The quantitative estimate of drug-likeness (QED) is 0.619. The van der Waals surface area contributed by atoms with E-state index in [2.05, 4.69) is 34.8 Å². The summed E-state index contributed by atoms with van der Waals surface area (Å²) in [6.45, 7) is 2.14. The first-order valence-corrected chi connectivity index (χ1v) is 7.89.